The van der Waals surface area contributed by atoms with Crippen LogP contribution in [0.2, 0.25) is 0 Å². The quantitative estimate of drug-likeness (QED) is 0.543. The third kappa shape index (κ3) is 4.83. The van der Waals surface area contributed by atoms with E-state index in [0.29, 0.717) is 17.2 Å². The Bertz CT molecular complexity index is 1190. The zero-order chi connectivity index (χ0) is 24.7. The predicted octanol–water partition coefficient (Wildman–Crippen LogP) is 2.81. The molecule has 1 saturated heterocycles. The standard InChI is InChI=1S/C26H30O8S/c1-35(30,31)26-24(29)22(27)23(28)25(34-26)17-9-10-18(15-7-8-15)19(13-17)21(16-5-3-2-4-6-16)20-14-32-11-12-33-20/h2-3,5,9-15,21-29H,4,6-8H2,1H3/t21?,22-,23-,24+,25+,26?/m1/s1. The average Bonchev–Trinajstić information content (AvgIpc) is 3.69. The first-order chi connectivity index (χ1) is 16.8. The number of hydrogen-bond acceptors (Lipinski definition) is 8. The molecule has 2 fully saturated rings. The van der Waals surface area contributed by atoms with E-state index in [-0.39, 0.29) is 5.92 Å². The van der Waals surface area contributed by atoms with Gasteiger partial charge in [-0.25, -0.2) is 8.42 Å². The van der Waals surface area contributed by atoms with E-state index in [9.17, 15) is 23.7 Å². The van der Waals surface area contributed by atoms with Crippen LogP contribution in [-0.4, -0.2) is 53.7 Å². The van der Waals surface area contributed by atoms with Gasteiger partial charge in [0.05, 0.1) is 5.92 Å². The predicted molar refractivity (Wildman–Crippen MR) is 127 cm³/mol. The minimum atomic E-state index is -3.86. The fraction of sp³-hybridized carbons (Fsp3) is 0.462. The van der Waals surface area contributed by atoms with E-state index in [4.69, 9.17) is 14.2 Å². The van der Waals surface area contributed by atoms with Gasteiger partial charge in [0.25, 0.3) is 0 Å². The Balaban J connectivity index is 1.60. The van der Waals surface area contributed by atoms with Gasteiger partial charge in [-0.15, -0.1) is 0 Å². The molecule has 1 saturated carbocycles. The molecular weight excluding hydrogens is 472 g/mol. The summed E-state index contributed by atoms with van der Waals surface area (Å²) < 4.78 is 41.5. The summed E-state index contributed by atoms with van der Waals surface area (Å²) in [4.78, 5) is 0. The Hall–Kier alpha value is -2.43. The van der Waals surface area contributed by atoms with Crippen molar-refractivity contribution in [1.82, 2.24) is 0 Å². The van der Waals surface area contributed by atoms with Crippen LogP contribution < -0.4 is 0 Å². The molecule has 1 aromatic carbocycles. The fourth-order valence-electron chi connectivity index (χ4n) is 5.07. The minimum absolute atomic E-state index is 0.248. The lowest BCUT2D eigenvalue weighted by Crippen LogP contribution is -2.56. The Morgan fingerprint density at radius 2 is 1.86 bits per heavy atom. The topological polar surface area (TPSA) is 123 Å². The van der Waals surface area contributed by atoms with E-state index >= 15 is 0 Å². The van der Waals surface area contributed by atoms with Gasteiger partial charge in [0, 0.05) is 6.26 Å². The molecule has 2 aliphatic carbocycles. The minimum Gasteiger partial charge on any atom is -0.466 e. The van der Waals surface area contributed by atoms with Crippen LogP contribution in [0.5, 0.6) is 0 Å². The summed E-state index contributed by atoms with van der Waals surface area (Å²) in [6.45, 7) is 0. The van der Waals surface area contributed by atoms with Gasteiger partial charge in [0.15, 0.2) is 15.3 Å². The summed E-state index contributed by atoms with van der Waals surface area (Å²) >= 11 is 0. The van der Waals surface area contributed by atoms with Crippen LogP contribution in [0, 0.1) is 0 Å². The van der Waals surface area contributed by atoms with Crippen molar-refractivity contribution >= 4 is 9.84 Å². The van der Waals surface area contributed by atoms with E-state index < -0.39 is 39.7 Å². The van der Waals surface area contributed by atoms with Gasteiger partial charge in [0.1, 0.15) is 49.0 Å². The lowest BCUT2D eigenvalue weighted by molar-refractivity contribution is -0.202. The molecule has 2 heterocycles. The summed E-state index contributed by atoms with van der Waals surface area (Å²) in [7, 11) is -3.86. The molecule has 6 atom stereocenters. The number of aliphatic hydroxyl groups is 3. The van der Waals surface area contributed by atoms with Crippen molar-refractivity contribution < 1.29 is 37.9 Å². The molecule has 0 spiro atoms. The molecule has 2 unspecified atom stereocenters. The third-order valence-corrected chi connectivity index (χ3v) is 8.22. The van der Waals surface area contributed by atoms with Gasteiger partial charge < -0.3 is 29.5 Å². The van der Waals surface area contributed by atoms with Crippen LogP contribution in [-0.2, 0) is 24.0 Å². The highest BCUT2D eigenvalue weighted by molar-refractivity contribution is 7.91. The number of sulfone groups is 1. The lowest BCUT2D eigenvalue weighted by Gasteiger charge is -2.40. The molecule has 188 valence electrons. The van der Waals surface area contributed by atoms with Crippen molar-refractivity contribution in [2.45, 2.75) is 67.4 Å². The van der Waals surface area contributed by atoms with Crippen LogP contribution in [0.25, 0.3) is 0 Å². The van der Waals surface area contributed by atoms with Crippen molar-refractivity contribution in [1.29, 1.82) is 0 Å². The van der Waals surface area contributed by atoms with E-state index in [1.807, 2.05) is 18.2 Å². The molecular formula is C26H30O8S. The Morgan fingerprint density at radius 3 is 2.49 bits per heavy atom. The monoisotopic (exact) mass is 502 g/mol. The normalized spacial score (nSPS) is 31.7. The number of allylic oxidation sites excluding steroid dienone is 4. The molecule has 0 radical (unpaired) electrons. The van der Waals surface area contributed by atoms with Crippen LogP contribution >= 0.6 is 0 Å². The third-order valence-electron chi connectivity index (χ3n) is 6.98. The van der Waals surface area contributed by atoms with Crippen molar-refractivity contribution in [3.8, 4) is 0 Å². The van der Waals surface area contributed by atoms with Crippen molar-refractivity contribution in [3.63, 3.8) is 0 Å². The molecule has 9 heteroatoms. The number of ether oxygens (including phenoxy) is 3. The Morgan fingerprint density at radius 1 is 1.06 bits per heavy atom. The highest BCUT2D eigenvalue weighted by Gasteiger charge is 2.48. The smallest absolute Gasteiger partial charge is 0.187 e. The first-order valence-electron chi connectivity index (χ1n) is 11.8. The van der Waals surface area contributed by atoms with E-state index in [1.165, 1.54) is 12.5 Å². The van der Waals surface area contributed by atoms with Gasteiger partial charge in [-0.05, 0) is 48.3 Å². The zero-order valence-corrected chi connectivity index (χ0v) is 20.2. The second-order valence-corrected chi connectivity index (χ2v) is 11.7. The van der Waals surface area contributed by atoms with Gasteiger partial charge >= 0.3 is 0 Å². The molecule has 8 nitrogen and oxygen atoms in total. The first-order valence-corrected chi connectivity index (χ1v) is 13.8. The van der Waals surface area contributed by atoms with Gasteiger partial charge in [-0.1, -0.05) is 42.0 Å². The maximum absolute atomic E-state index is 12.2. The molecule has 0 bridgehead atoms. The van der Waals surface area contributed by atoms with E-state index in [1.54, 1.807) is 12.3 Å². The summed E-state index contributed by atoms with van der Waals surface area (Å²) in [6.07, 6.45) is 9.46. The molecule has 4 aliphatic rings. The number of hydrogen-bond donors (Lipinski definition) is 3. The highest BCUT2D eigenvalue weighted by atomic mass is 32.2. The fourth-order valence-corrected chi connectivity index (χ4v) is 6.06. The second-order valence-electron chi connectivity index (χ2n) is 9.58. The van der Waals surface area contributed by atoms with Crippen LogP contribution in [0.15, 0.2) is 66.5 Å². The summed E-state index contributed by atoms with van der Waals surface area (Å²) in [5, 5.41) is 31.4. The molecule has 35 heavy (non-hydrogen) atoms. The van der Waals surface area contributed by atoms with Crippen molar-refractivity contribution in [2.75, 3.05) is 6.26 Å². The van der Waals surface area contributed by atoms with Crippen LogP contribution in [0.4, 0.5) is 0 Å². The van der Waals surface area contributed by atoms with Crippen molar-refractivity contribution in [2.24, 2.45) is 0 Å². The van der Waals surface area contributed by atoms with Gasteiger partial charge in [0.2, 0.25) is 0 Å². The maximum Gasteiger partial charge on any atom is 0.187 e. The lowest BCUT2D eigenvalue weighted by atomic mass is 9.80. The number of rotatable bonds is 6. The molecule has 1 aromatic rings. The molecule has 2 aliphatic heterocycles. The summed E-state index contributed by atoms with van der Waals surface area (Å²) in [5.74, 6) is 0.778. The molecule has 3 N–H and O–H groups in total. The molecule has 5 rings (SSSR count). The largest absolute Gasteiger partial charge is 0.466 e. The molecule has 0 aromatic heterocycles. The second kappa shape index (κ2) is 9.55. The van der Waals surface area contributed by atoms with Gasteiger partial charge in [-0.3, -0.25) is 0 Å². The Kier molecular flexibility index (Phi) is 6.63. The zero-order valence-electron chi connectivity index (χ0n) is 19.4. The highest BCUT2D eigenvalue weighted by Crippen LogP contribution is 2.48. The van der Waals surface area contributed by atoms with E-state index in [0.717, 1.165) is 48.6 Å². The number of benzene rings is 1. The first kappa shape index (κ1) is 24.3. The SMILES string of the molecule is CS(=O)(=O)C1O[C@@H](c2ccc(C3CC3)c(C(C3=CC=CCC3)C3=COC=CO3)c2)[C@H](O)[C@@H](O)[C@@H]1O. The van der Waals surface area contributed by atoms with Crippen molar-refractivity contribution in [3.05, 3.63) is 83.2 Å². The Labute approximate surface area is 204 Å². The summed E-state index contributed by atoms with van der Waals surface area (Å²) in [6, 6.07) is 5.68. The van der Waals surface area contributed by atoms with E-state index in [2.05, 4.69) is 12.2 Å². The maximum atomic E-state index is 12.2. The van der Waals surface area contributed by atoms with Crippen LogP contribution in [0.1, 0.15) is 60.3 Å². The number of aliphatic hydroxyl groups excluding tert-OH is 3. The average molecular weight is 503 g/mol. The van der Waals surface area contributed by atoms with Crippen LogP contribution in [0.3, 0.4) is 0 Å². The van der Waals surface area contributed by atoms with Gasteiger partial charge in [-0.2, -0.15) is 0 Å². The summed E-state index contributed by atoms with van der Waals surface area (Å²) in [5.41, 5.74) is 2.12. The molecule has 0 amide bonds.